The fourth-order valence-corrected chi connectivity index (χ4v) is 1.80. The monoisotopic (exact) mass is 265 g/mol. The highest BCUT2D eigenvalue weighted by molar-refractivity contribution is 5.98. The molecule has 1 N–H and O–H groups in total. The lowest BCUT2D eigenvalue weighted by molar-refractivity contribution is 0.230. The molecule has 0 aliphatic rings. The van der Waals surface area contributed by atoms with Crippen molar-refractivity contribution in [3.05, 3.63) is 23.8 Å². The second-order valence-electron chi connectivity index (χ2n) is 4.54. The highest BCUT2D eigenvalue weighted by Gasteiger charge is 2.10. The number of nitrogens with zero attached hydrogens (tertiary/aromatic N) is 1. The fourth-order valence-electron chi connectivity index (χ4n) is 1.80. The number of ether oxygens (including phenoxy) is 2. The number of benzene rings is 1. The summed E-state index contributed by atoms with van der Waals surface area (Å²) in [6, 6.07) is 5.53. The fraction of sp³-hybridized carbons (Fsp3) is 0.533. The first-order chi connectivity index (χ1) is 9.15. The van der Waals surface area contributed by atoms with E-state index in [1.165, 1.54) is 0 Å². The van der Waals surface area contributed by atoms with E-state index in [2.05, 4.69) is 19.0 Å². The molecule has 1 rings (SSSR count). The van der Waals surface area contributed by atoms with Crippen LogP contribution in [0, 0.1) is 5.92 Å². The van der Waals surface area contributed by atoms with Gasteiger partial charge in [-0.1, -0.05) is 31.8 Å². The standard InChI is InChI=1S/C15H23NO3/c1-5-12(6-2)10-19-14-8-7-13(11(3)16-17)9-15(14)18-4/h7-9,12,17H,5-6,10H2,1-4H3/b16-11+. The van der Waals surface area contributed by atoms with E-state index in [1.807, 2.05) is 18.2 Å². The van der Waals surface area contributed by atoms with E-state index in [1.54, 1.807) is 14.0 Å². The highest BCUT2D eigenvalue weighted by Crippen LogP contribution is 2.29. The predicted octanol–water partition coefficient (Wildman–Crippen LogP) is 3.71. The Bertz CT molecular complexity index is 425. The first-order valence-corrected chi connectivity index (χ1v) is 6.66. The molecular formula is C15H23NO3. The minimum atomic E-state index is 0.546. The summed E-state index contributed by atoms with van der Waals surface area (Å²) in [6.45, 7) is 6.76. The van der Waals surface area contributed by atoms with Gasteiger partial charge in [0.15, 0.2) is 11.5 Å². The zero-order valence-corrected chi connectivity index (χ0v) is 12.1. The van der Waals surface area contributed by atoms with Crippen molar-refractivity contribution in [3.63, 3.8) is 0 Å². The van der Waals surface area contributed by atoms with Crippen LogP contribution < -0.4 is 9.47 Å². The maximum Gasteiger partial charge on any atom is 0.161 e. The van der Waals surface area contributed by atoms with Gasteiger partial charge in [-0.15, -0.1) is 0 Å². The van der Waals surface area contributed by atoms with Gasteiger partial charge in [-0.05, 0) is 31.0 Å². The third kappa shape index (κ3) is 4.16. The molecule has 0 saturated heterocycles. The van der Waals surface area contributed by atoms with Crippen LogP contribution in [-0.4, -0.2) is 24.6 Å². The topological polar surface area (TPSA) is 51.0 Å². The largest absolute Gasteiger partial charge is 0.493 e. The van der Waals surface area contributed by atoms with E-state index >= 15 is 0 Å². The third-order valence-electron chi connectivity index (χ3n) is 3.36. The molecule has 0 radical (unpaired) electrons. The van der Waals surface area contributed by atoms with E-state index in [-0.39, 0.29) is 0 Å². The maximum atomic E-state index is 8.78. The third-order valence-corrected chi connectivity index (χ3v) is 3.36. The molecule has 0 bridgehead atoms. The Labute approximate surface area is 115 Å². The van der Waals surface area contributed by atoms with Crippen molar-refractivity contribution >= 4 is 5.71 Å². The van der Waals surface area contributed by atoms with Crippen LogP contribution in [0.15, 0.2) is 23.4 Å². The molecule has 19 heavy (non-hydrogen) atoms. The molecule has 0 spiro atoms. The minimum absolute atomic E-state index is 0.546. The van der Waals surface area contributed by atoms with Crippen molar-refractivity contribution in [2.45, 2.75) is 33.6 Å². The molecule has 1 aromatic carbocycles. The van der Waals surface area contributed by atoms with Gasteiger partial charge >= 0.3 is 0 Å². The van der Waals surface area contributed by atoms with Crippen molar-refractivity contribution in [1.29, 1.82) is 0 Å². The van der Waals surface area contributed by atoms with Crippen LogP contribution in [0.3, 0.4) is 0 Å². The molecule has 0 aliphatic heterocycles. The summed E-state index contributed by atoms with van der Waals surface area (Å²) < 4.78 is 11.1. The van der Waals surface area contributed by atoms with Crippen LogP contribution in [0.4, 0.5) is 0 Å². The molecule has 4 nitrogen and oxygen atoms in total. The lowest BCUT2D eigenvalue weighted by Gasteiger charge is -2.16. The quantitative estimate of drug-likeness (QED) is 0.464. The van der Waals surface area contributed by atoms with Crippen LogP contribution in [0.2, 0.25) is 0 Å². The summed E-state index contributed by atoms with van der Waals surface area (Å²) in [5.41, 5.74) is 1.36. The number of hydrogen-bond acceptors (Lipinski definition) is 4. The van der Waals surface area contributed by atoms with Gasteiger partial charge in [-0.2, -0.15) is 0 Å². The molecule has 0 fully saturated rings. The molecule has 4 heteroatoms. The maximum absolute atomic E-state index is 8.78. The Morgan fingerprint density at radius 1 is 1.26 bits per heavy atom. The van der Waals surface area contributed by atoms with E-state index in [9.17, 15) is 0 Å². The summed E-state index contributed by atoms with van der Waals surface area (Å²) in [6.07, 6.45) is 2.21. The lowest BCUT2D eigenvalue weighted by Crippen LogP contribution is -2.10. The summed E-state index contributed by atoms with van der Waals surface area (Å²) >= 11 is 0. The first-order valence-electron chi connectivity index (χ1n) is 6.66. The zero-order chi connectivity index (χ0) is 14.3. The summed E-state index contributed by atoms with van der Waals surface area (Å²) in [5, 5.41) is 12.0. The number of hydrogen-bond donors (Lipinski definition) is 1. The smallest absolute Gasteiger partial charge is 0.161 e. The second-order valence-corrected chi connectivity index (χ2v) is 4.54. The zero-order valence-electron chi connectivity index (χ0n) is 12.1. The van der Waals surface area contributed by atoms with Gasteiger partial charge in [-0.3, -0.25) is 0 Å². The number of oxime groups is 1. The van der Waals surface area contributed by atoms with Crippen LogP contribution in [0.1, 0.15) is 39.2 Å². The molecule has 0 amide bonds. The average molecular weight is 265 g/mol. The molecule has 106 valence electrons. The predicted molar refractivity (Wildman–Crippen MR) is 76.6 cm³/mol. The van der Waals surface area contributed by atoms with E-state index in [0.717, 1.165) is 24.2 Å². The summed E-state index contributed by atoms with van der Waals surface area (Å²) in [7, 11) is 1.61. The first kappa shape index (κ1) is 15.3. The van der Waals surface area contributed by atoms with Gasteiger partial charge in [0.05, 0.1) is 19.4 Å². The van der Waals surface area contributed by atoms with Crippen LogP contribution in [0.5, 0.6) is 11.5 Å². The van der Waals surface area contributed by atoms with Crippen molar-refractivity contribution in [2.75, 3.05) is 13.7 Å². The van der Waals surface area contributed by atoms with Crippen molar-refractivity contribution in [3.8, 4) is 11.5 Å². The van der Waals surface area contributed by atoms with Gasteiger partial charge in [0.25, 0.3) is 0 Å². The van der Waals surface area contributed by atoms with Gasteiger partial charge in [0.2, 0.25) is 0 Å². The molecule has 1 aromatic rings. The van der Waals surface area contributed by atoms with E-state index in [4.69, 9.17) is 14.7 Å². The molecule has 0 saturated carbocycles. The van der Waals surface area contributed by atoms with E-state index in [0.29, 0.717) is 24.0 Å². The number of rotatable bonds is 7. The second kappa shape index (κ2) is 7.67. The molecule has 0 heterocycles. The van der Waals surface area contributed by atoms with E-state index < -0.39 is 0 Å². The van der Waals surface area contributed by atoms with Gasteiger partial charge < -0.3 is 14.7 Å². The Hall–Kier alpha value is -1.71. The Morgan fingerprint density at radius 2 is 1.95 bits per heavy atom. The molecule has 0 aromatic heterocycles. The normalized spacial score (nSPS) is 11.7. The Kier molecular flexibility index (Phi) is 6.19. The van der Waals surface area contributed by atoms with Gasteiger partial charge in [-0.25, -0.2) is 0 Å². The highest BCUT2D eigenvalue weighted by atomic mass is 16.5. The Balaban J connectivity index is 2.84. The minimum Gasteiger partial charge on any atom is -0.493 e. The van der Waals surface area contributed by atoms with Crippen LogP contribution >= 0.6 is 0 Å². The molecule has 0 unspecified atom stereocenters. The van der Waals surface area contributed by atoms with Crippen molar-refractivity contribution < 1.29 is 14.7 Å². The van der Waals surface area contributed by atoms with Gasteiger partial charge in [0.1, 0.15) is 0 Å². The van der Waals surface area contributed by atoms with Crippen molar-refractivity contribution in [1.82, 2.24) is 0 Å². The molecular weight excluding hydrogens is 242 g/mol. The average Bonchev–Trinajstić information content (AvgIpc) is 2.47. The Morgan fingerprint density at radius 3 is 2.47 bits per heavy atom. The van der Waals surface area contributed by atoms with Crippen LogP contribution in [0.25, 0.3) is 0 Å². The molecule has 0 atom stereocenters. The molecule has 0 aliphatic carbocycles. The number of methoxy groups -OCH3 is 1. The van der Waals surface area contributed by atoms with Crippen LogP contribution in [-0.2, 0) is 0 Å². The SMILES string of the molecule is CCC(CC)COc1ccc(/C(C)=N/O)cc1OC. The summed E-state index contributed by atoms with van der Waals surface area (Å²) in [4.78, 5) is 0. The van der Waals surface area contributed by atoms with Gasteiger partial charge in [0, 0.05) is 5.56 Å². The van der Waals surface area contributed by atoms with Crippen molar-refractivity contribution in [2.24, 2.45) is 11.1 Å². The lowest BCUT2D eigenvalue weighted by atomic mass is 10.1. The summed E-state index contributed by atoms with van der Waals surface area (Å²) in [5.74, 6) is 1.94.